The van der Waals surface area contributed by atoms with Crippen molar-refractivity contribution in [1.29, 1.82) is 0 Å². The summed E-state index contributed by atoms with van der Waals surface area (Å²) in [6.07, 6.45) is 0. The zero-order valence-electron chi connectivity index (χ0n) is 11.4. The summed E-state index contributed by atoms with van der Waals surface area (Å²) < 4.78 is 14.0. The van der Waals surface area contributed by atoms with Gasteiger partial charge in [0, 0.05) is 28.2 Å². The largest absolute Gasteiger partial charge is 0.508 e. The fourth-order valence-corrected chi connectivity index (χ4v) is 2.46. The van der Waals surface area contributed by atoms with Gasteiger partial charge in [-0.2, -0.15) is 0 Å². The number of aromatic hydroxyl groups is 1. The van der Waals surface area contributed by atoms with Crippen LogP contribution in [0.25, 0.3) is 0 Å². The summed E-state index contributed by atoms with van der Waals surface area (Å²) in [5.41, 5.74) is 1.84. The van der Waals surface area contributed by atoms with E-state index in [9.17, 15) is 9.50 Å². The Hall–Kier alpha value is -1.39. The second-order valence-corrected chi connectivity index (χ2v) is 5.78. The molecule has 2 atom stereocenters. The monoisotopic (exact) mass is 337 g/mol. The molecular formula is C16H17BrFNO. The molecule has 4 heteroatoms. The molecule has 2 rings (SSSR count). The van der Waals surface area contributed by atoms with Crippen LogP contribution in [-0.4, -0.2) is 5.11 Å². The Labute approximate surface area is 126 Å². The highest BCUT2D eigenvalue weighted by molar-refractivity contribution is 9.10. The van der Waals surface area contributed by atoms with Gasteiger partial charge in [-0.25, -0.2) is 4.39 Å². The minimum atomic E-state index is -0.431. The van der Waals surface area contributed by atoms with Gasteiger partial charge in [-0.1, -0.05) is 34.1 Å². The molecule has 2 aromatic rings. The molecular weight excluding hydrogens is 321 g/mol. The summed E-state index contributed by atoms with van der Waals surface area (Å²) in [4.78, 5) is 0. The number of nitrogens with one attached hydrogen (secondary N) is 1. The lowest BCUT2D eigenvalue weighted by Crippen LogP contribution is -2.22. The maximum absolute atomic E-state index is 13.0. The fraction of sp³-hybridized carbons (Fsp3) is 0.250. The zero-order chi connectivity index (χ0) is 14.7. The average molecular weight is 338 g/mol. The van der Waals surface area contributed by atoms with Crippen LogP contribution in [0.15, 0.2) is 46.9 Å². The Balaban J connectivity index is 2.10. The summed E-state index contributed by atoms with van der Waals surface area (Å²) in [6, 6.07) is 12.2. The molecule has 0 saturated heterocycles. The van der Waals surface area contributed by atoms with Crippen molar-refractivity contribution >= 4 is 15.9 Å². The van der Waals surface area contributed by atoms with Gasteiger partial charge in [-0.05, 0) is 37.6 Å². The highest BCUT2D eigenvalue weighted by atomic mass is 79.9. The van der Waals surface area contributed by atoms with Crippen LogP contribution in [0, 0.1) is 5.82 Å². The van der Waals surface area contributed by atoms with Crippen LogP contribution in [-0.2, 0) is 0 Å². The van der Waals surface area contributed by atoms with Gasteiger partial charge in [0.1, 0.15) is 11.6 Å². The number of hydrogen-bond acceptors (Lipinski definition) is 2. The van der Waals surface area contributed by atoms with E-state index in [0.717, 1.165) is 16.1 Å². The number of phenols is 1. The third kappa shape index (κ3) is 3.58. The van der Waals surface area contributed by atoms with Crippen molar-refractivity contribution < 1.29 is 9.50 Å². The SMILES string of the molecule is CC(NC(C)c1ccc(F)cc1O)c1ccc(Br)cc1. The second kappa shape index (κ2) is 6.37. The maximum atomic E-state index is 13.0. The van der Waals surface area contributed by atoms with E-state index in [1.807, 2.05) is 31.2 Å². The summed E-state index contributed by atoms with van der Waals surface area (Å²) >= 11 is 3.41. The lowest BCUT2D eigenvalue weighted by molar-refractivity contribution is 0.434. The second-order valence-electron chi connectivity index (χ2n) is 4.86. The lowest BCUT2D eigenvalue weighted by Gasteiger charge is -2.21. The van der Waals surface area contributed by atoms with Crippen molar-refractivity contribution in [2.75, 3.05) is 0 Å². The van der Waals surface area contributed by atoms with E-state index in [4.69, 9.17) is 0 Å². The Morgan fingerprint density at radius 3 is 2.30 bits per heavy atom. The summed E-state index contributed by atoms with van der Waals surface area (Å²) in [5, 5.41) is 13.2. The number of rotatable bonds is 4. The topological polar surface area (TPSA) is 32.3 Å². The van der Waals surface area contributed by atoms with Crippen molar-refractivity contribution in [3.8, 4) is 5.75 Å². The van der Waals surface area contributed by atoms with Gasteiger partial charge in [0.25, 0.3) is 0 Å². The molecule has 0 radical (unpaired) electrons. The van der Waals surface area contributed by atoms with Gasteiger partial charge in [-0.3, -0.25) is 0 Å². The van der Waals surface area contributed by atoms with Crippen molar-refractivity contribution in [3.63, 3.8) is 0 Å². The number of halogens is 2. The molecule has 106 valence electrons. The van der Waals surface area contributed by atoms with E-state index < -0.39 is 5.82 Å². The van der Waals surface area contributed by atoms with Crippen LogP contribution in [0.2, 0.25) is 0 Å². The molecule has 0 spiro atoms. The smallest absolute Gasteiger partial charge is 0.126 e. The molecule has 2 N–H and O–H groups in total. The van der Waals surface area contributed by atoms with Crippen LogP contribution in [0.3, 0.4) is 0 Å². The fourth-order valence-electron chi connectivity index (χ4n) is 2.20. The predicted octanol–water partition coefficient (Wildman–Crippen LogP) is 4.71. The normalized spacial score (nSPS) is 14.0. The molecule has 0 aliphatic rings. The van der Waals surface area contributed by atoms with Crippen molar-refractivity contribution in [2.24, 2.45) is 0 Å². The van der Waals surface area contributed by atoms with Gasteiger partial charge in [0.15, 0.2) is 0 Å². The molecule has 0 saturated carbocycles. The number of benzene rings is 2. The average Bonchev–Trinajstić information content (AvgIpc) is 2.39. The molecule has 0 aliphatic heterocycles. The molecule has 0 bridgehead atoms. The van der Waals surface area contributed by atoms with E-state index in [-0.39, 0.29) is 17.8 Å². The molecule has 2 nitrogen and oxygen atoms in total. The summed E-state index contributed by atoms with van der Waals surface area (Å²) in [6.45, 7) is 4.00. The Morgan fingerprint density at radius 2 is 1.70 bits per heavy atom. The van der Waals surface area contributed by atoms with Gasteiger partial charge < -0.3 is 10.4 Å². The molecule has 0 aliphatic carbocycles. The van der Waals surface area contributed by atoms with Crippen LogP contribution in [0.4, 0.5) is 4.39 Å². The Bertz CT molecular complexity index is 586. The first kappa shape index (κ1) is 15.0. The first-order valence-corrected chi connectivity index (χ1v) is 7.26. The standard InChI is InChI=1S/C16H17BrFNO/c1-10(12-3-5-13(17)6-4-12)19-11(2)15-8-7-14(18)9-16(15)20/h3-11,19-20H,1-2H3. The maximum Gasteiger partial charge on any atom is 0.126 e. The lowest BCUT2D eigenvalue weighted by atomic mass is 10.0. The third-order valence-electron chi connectivity index (χ3n) is 3.33. The molecule has 20 heavy (non-hydrogen) atoms. The van der Waals surface area contributed by atoms with E-state index in [1.165, 1.54) is 6.07 Å². The van der Waals surface area contributed by atoms with E-state index in [1.54, 1.807) is 6.07 Å². The minimum Gasteiger partial charge on any atom is -0.508 e. The number of phenolic OH excluding ortho intramolecular Hbond substituents is 1. The van der Waals surface area contributed by atoms with Crippen LogP contribution < -0.4 is 5.32 Å². The highest BCUT2D eigenvalue weighted by Gasteiger charge is 2.14. The van der Waals surface area contributed by atoms with E-state index >= 15 is 0 Å². The van der Waals surface area contributed by atoms with Crippen molar-refractivity contribution in [1.82, 2.24) is 5.32 Å². The van der Waals surface area contributed by atoms with Crippen molar-refractivity contribution in [3.05, 3.63) is 63.9 Å². The van der Waals surface area contributed by atoms with Crippen molar-refractivity contribution in [2.45, 2.75) is 25.9 Å². The molecule has 2 unspecified atom stereocenters. The molecule has 0 fully saturated rings. The number of hydrogen-bond donors (Lipinski definition) is 2. The highest BCUT2D eigenvalue weighted by Crippen LogP contribution is 2.27. The Morgan fingerprint density at radius 1 is 1.05 bits per heavy atom. The van der Waals surface area contributed by atoms with E-state index in [0.29, 0.717) is 5.56 Å². The van der Waals surface area contributed by atoms with Gasteiger partial charge >= 0.3 is 0 Å². The first-order chi connectivity index (χ1) is 9.47. The zero-order valence-corrected chi connectivity index (χ0v) is 13.0. The van der Waals surface area contributed by atoms with Gasteiger partial charge in [-0.15, -0.1) is 0 Å². The Kier molecular flexibility index (Phi) is 4.78. The summed E-state index contributed by atoms with van der Waals surface area (Å²) in [7, 11) is 0. The summed E-state index contributed by atoms with van der Waals surface area (Å²) in [5.74, 6) is -0.451. The van der Waals surface area contributed by atoms with E-state index in [2.05, 4.69) is 28.2 Å². The first-order valence-electron chi connectivity index (χ1n) is 6.47. The predicted molar refractivity (Wildman–Crippen MR) is 82.2 cm³/mol. The van der Waals surface area contributed by atoms with Gasteiger partial charge in [0.2, 0.25) is 0 Å². The third-order valence-corrected chi connectivity index (χ3v) is 3.86. The molecule has 0 amide bonds. The van der Waals surface area contributed by atoms with Gasteiger partial charge in [0.05, 0.1) is 0 Å². The van der Waals surface area contributed by atoms with Crippen LogP contribution >= 0.6 is 15.9 Å². The molecule has 0 heterocycles. The molecule has 2 aromatic carbocycles. The quantitative estimate of drug-likeness (QED) is 0.847. The van der Waals surface area contributed by atoms with Crippen LogP contribution in [0.1, 0.15) is 37.1 Å². The minimum absolute atomic E-state index is 0.0204. The van der Waals surface area contributed by atoms with Crippen LogP contribution in [0.5, 0.6) is 5.75 Å². The molecule has 0 aromatic heterocycles.